The van der Waals surface area contributed by atoms with E-state index >= 15 is 0 Å². The zero-order valence-electron chi connectivity index (χ0n) is 12.3. The second-order valence-corrected chi connectivity index (χ2v) is 6.64. The van der Waals surface area contributed by atoms with Crippen LogP contribution in [0.5, 0.6) is 0 Å². The van der Waals surface area contributed by atoms with Crippen molar-refractivity contribution in [3.05, 3.63) is 86.8 Å². The van der Waals surface area contributed by atoms with Gasteiger partial charge in [0.15, 0.2) is 0 Å². The van der Waals surface area contributed by atoms with Crippen LogP contribution in [-0.2, 0) is 13.1 Å². The molecule has 5 heteroatoms. The van der Waals surface area contributed by atoms with E-state index in [0.717, 1.165) is 30.1 Å². The summed E-state index contributed by atoms with van der Waals surface area (Å²) in [6.07, 6.45) is 1.81. The van der Waals surface area contributed by atoms with Crippen LogP contribution in [0.15, 0.2) is 64.5 Å². The number of hydrogen-bond donors (Lipinski definition) is 0. The van der Waals surface area contributed by atoms with E-state index in [1.807, 2.05) is 36.5 Å². The predicted molar refractivity (Wildman–Crippen MR) is 94.9 cm³/mol. The van der Waals surface area contributed by atoms with E-state index in [1.54, 1.807) is 11.3 Å². The summed E-state index contributed by atoms with van der Waals surface area (Å²) < 4.78 is 0. The third kappa shape index (κ3) is 3.00. The minimum Gasteiger partial charge on any atom is -0.287 e. The van der Waals surface area contributed by atoms with Crippen molar-refractivity contribution in [1.82, 2.24) is 9.99 Å². The van der Waals surface area contributed by atoms with Crippen LogP contribution >= 0.6 is 22.9 Å². The van der Waals surface area contributed by atoms with Gasteiger partial charge in [0.25, 0.3) is 0 Å². The fourth-order valence-electron chi connectivity index (χ4n) is 2.72. The Balaban J connectivity index is 1.77. The van der Waals surface area contributed by atoms with Crippen LogP contribution in [-0.4, -0.2) is 15.7 Å². The Hall–Kier alpha value is -2.17. The quantitative estimate of drug-likeness (QED) is 0.699. The lowest BCUT2D eigenvalue weighted by atomic mass is 10.0. The number of benzene rings is 1. The molecule has 0 bridgehead atoms. The molecule has 1 aromatic carbocycles. The molecule has 0 N–H and O–H groups in total. The molecule has 3 heterocycles. The lowest BCUT2D eigenvalue weighted by Gasteiger charge is -2.26. The second kappa shape index (κ2) is 6.14. The fraction of sp³-hybridized carbons (Fsp3) is 0.111. The summed E-state index contributed by atoms with van der Waals surface area (Å²) in [6.45, 7) is 1.56. The molecule has 0 unspecified atom stereocenters. The van der Waals surface area contributed by atoms with Gasteiger partial charge >= 0.3 is 0 Å². The number of rotatable bonds is 3. The Morgan fingerprint density at radius 3 is 2.96 bits per heavy atom. The normalized spacial score (nSPS) is 13.6. The Bertz CT molecular complexity index is 858. The maximum absolute atomic E-state index is 6.16. The third-order valence-corrected chi connectivity index (χ3v) is 4.72. The molecule has 114 valence electrons. The van der Waals surface area contributed by atoms with Crippen LogP contribution in [0.25, 0.3) is 0 Å². The van der Waals surface area contributed by atoms with E-state index in [0.29, 0.717) is 5.02 Å². The summed E-state index contributed by atoms with van der Waals surface area (Å²) >= 11 is 7.86. The van der Waals surface area contributed by atoms with Gasteiger partial charge in [-0.1, -0.05) is 29.8 Å². The summed E-state index contributed by atoms with van der Waals surface area (Å²) in [5.41, 5.74) is 5.28. The first-order chi connectivity index (χ1) is 11.3. The number of halogens is 1. The van der Waals surface area contributed by atoms with Crippen LogP contribution < -0.4 is 0 Å². The van der Waals surface area contributed by atoms with E-state index in [-0.39, 0.29) is 0 Å². The van der Waals surface area contributed by atoms with Crippen molar-refractivity contribution in [3.8, 4) is 0 Å². The molecule has 0 fully saturated rings. The van der Waals surface area contributed by atoms with Crippen molar-refractivity contribution < 1.29 is 0 Å². The molecule has 0 saturated carbocycles. The van der Waals surface area contributed by atoms with E-state index < -0.39 is 0 Å². The van der Waals surface area contributed by atoms with Gasteiger partial charge in [-0.25, -0.2) is 0 Å². The Morgan fingerprint density at radius 1 is 1.17 bits per heavy atom. The van der Waals surface area contributed by atoms with E-state index in [1.165, 1.54) is 11.1 Å². The first kappa shape index (κ1) is 14.4. The molecular weight excluding hydrogens is 326 g/mol. The first-order valence-corrected chi connectivity index (χ1v) is 8.66. The monoisotopic (exact) mass is 339 g/mol. The summed E-state index contributed by atoms with van der Waals surface area (Å²) in [4.78, 5) is 4.54. The number of hydrogen-bond acceptors (Lipinski definition) is 4. The van der Waals surface area contributed by atoms with Crippen LogP contribution in [0.1, 0.15) is 22.4 Å². The zero-order chi connectivity index (χ0) is 15.6. The van der Waals surface area contributed by atoms with Gasteiger partial charge in [0, 0.05) is 22.3 Å². The molecule has 1 aliphatic rings. The summed E-state index contributed by atoms with van der Waals surface area (Å²) in [5.74, 6) is 0. The van der Waals surface area contributed by atoms with E-state index in [2.05, 4.69) is 32.9 Å². The molecule has 23 heavy (non-hydrogen) atoms. The molecule has 3 nitrogen and oxygen atoms in total. The first-order valence-electron chi connectivity index (χ1n) is 7.34. The van der Waals surface area contributed by atoms with Crippen molar-refractivity contribution in [2.24, 2.45) is 5.10 Å². The van der Waals surface area contributed by atoms with Crippen molar-refractivity contribution in [1.29, 1.82) is 0 Å². The van der Waals surface area contributed by atoms with Crippen LogP contribution in [0.3, 0.4) is 0 Å². The smallest absolute Gasteiger partial charge is 0.116 e. The number of fused-ring (bicyclic) bond motifs is 1. The molecule has 2 aromatic heterocycles. The third-order valence-electron chi connectivity index (χ3n) is 3.75. The molecule has 0 saturated heterocycles. The fourth-order valence-corrected chi connectivity index (χ4v) is 3.57. The van der Waals surface area contributed by atoms with Crippen LogP contribution in [0, 0.1) is 0 Å². The minimum atomic E-state index is 0.706. The number of pyridine rings is 1. The lowest BCUT2D eigenvalue weighted by Crippen LogP contribution is -2.27. The number of nitrogens with zero attached hydrogens (tertiary/aromatic N) is 3. The molecule has 1 aliphatic heterocycles. The molecule has 4 rings (SSSR count). The zero-order valence-corrected chi connectivity index (χ0v) is 13.9. The standard InChI is InChI=1S/C18H14ClN3S/c19-16-5-1-3-14(9-16)18-17-15(4-2-7-20-17)11-22(21-18)10-13-6-8-23-12-13/h1-9,12H,10-11H2. The van der Waals surface area contributed by atoms with Crippen molar-refractivity contribution in [3.63, 3.8) is 0 Å². The lowest BCUT2D eigenvalue weighted by molar-refractivity contribution is 0.266. The topological polar surface area (TPSA) is 28.5 Å². The summed E-state index contributed by atoms with van der Waals surface area (Å²) in [7, 11) is 0. The van der Waals surface area contributed by atoms with Gasteiger partial charge in [-0.3, -0.25) is 9.99 Å². The van der Waals surface area contributed by atoms with E-state index in [4.69, 9.17) is 16.7 Å². The minimum absolute atomic E-state index is 0.706. The molecule has 0 atom stereocenters. The second-order valence-electron chi connectivity index (χ2n) is 5.42. The average molecular weight is 340 g/mol. The Kier molecular flexibility index (Phi) is 3.85. The predicted octanol–water partition coefficient (Wildman–Crippen LogP) is 4.56. The van der Waals surface area contributed by atoms with Gasteiger partial charge in [0.1, 0.15) is 5.71 Å². The number of aromatic nitrogens is 1. The highest BCUT2D eigenvalue weighted by Crippen LogP contribution is 2.24. The molecule has 0 aliphatic carbocycles. The molecular formula is C18H14ClN3S. The van der Waals surface area contributed by atoms with Gasteiger partial charge in [-0.2, -0.15) is 16.4 Å². The van der Waals surface area contributed by atoms with Crippen molar-refractivity contribution >= 4 is 28.6 Å². The maximum Gasteiger partial charge on any atom is 0.116 e. The molecule has 0 amide bonds. The molecule has 0 spiro atoms. The average Bonchev–Trinajstić information content (AvgIpc) is 3.07. The Labute approximate surface area is 143 Å². The van der Waals surface area contributed by atoms with Gasteiger partial charge in [-0.05, 0) is 40.6 Å². The van der Waals surface area contributed by atoms with Crippen LogP contribution in [0.4, 0.5) is 0 Å². The molecule has 3 aromatic rings. The van der Waals surface area contributed by atoms with E-state index in [9.17, 15) is 0 Å². The van der Waals surface area contributed by atoms with Gasteiger partial charge in [-0.15, -0.1) is 0 Å². The maximum atomic E-state index is 6.16. The SMILES string of the molecule is Clc1cccc(C2=NN(Cc3ccsc3)Cc3cccnc32)c1. The Morgan fingerprint density at radius 2 is 2.13 bits per heavy atom. The number of thiophene rings is 1. The van der Waals surface area contributed by atoms with Crippen molar-refractivity contribution in [2.45, 2.75) is 13.1 Å². The summed E-state index contributed by atoms with van der Waals surface area (Å²) in [5, 5.41) is 11.9. The van der Waals surface area contributed by atoms with Gasteiger partial charge < -0.3 is 0 Å². The number of hydrazone groups is 1. The highest BCUT2D eigenvalue weighted by atomic mass is 35.5. The highest BCUT2D eigenvalue weighted by molar-refractivity contribution is 7.07. The van der Waals surface area contributed by atoms with Gasteiger partial charge in [0.05, 0.1) is 18.8 Å². The van der Waals surface area contributed by atoms with Gasteiger partial charge in [0.2, 0.25) is 0 Å². The largest absolute Gasteiger partial charge is 0.287 e. The summed E-state index contributed by atoms with van der Waals surface area (Å²) in [6, 6.07) is 14.0. The highest BCUT2D eigenvalue weighted by Gasteiger charge is 2.21. The molecule has 0 radical (unpaired) electrons. The van der Waals surface area contributed by atoms with Crippen molar-refractivity contribution in [2.75, 3.05) is 0 Å². The van der Waals surface area contributed by atoms with Crippen LogP contribution in [0.2, 0.25) is 5.02 Å².